The molecule has 0 saturated carbocycles. The van der Waals surface area contributed by atoms with Crippen molar-refractivity contribution in [3.8, 4) is 0 Å². The Morgan fingerprint density at radius 2 is 2.05 bits per heavy atom. The molecule has 0 heterocycles. The highest BCUT2D eigenvalue weighted by Gasteiger charge is 2.15. The molecule has 0 spiro atoms. The third-order valence-corrected chi connectivity index (χ3v) is 3.06. The van der Waals surface area contributed by atoms with Crippen molar-refractivity contribution in [2.24, 2.45) is 5.73 Å². The Morgan fingerprint density at radius 1 is 1.30 bits per heavy atom. The van der Waals surface area contributed by atoms with Gasteiger partial charge in [-0.1, -0.05) is 25.5 Å². The Balaban J connectivity index is 2.54. The van der Waals surface area contributed by atoms with E-state index in [1.165, 1.54) is 4.90 Å². The highest BCUT2D eigenvalue weighted by Crippen LogP contribution is 2.10. The lowest BCUT2D eigenvalue weighted by atomic mass is 10.1. The van der Waals surface area contributed by atoms with Crippen molar-refractivity contribution in [2.75, 3.05) is 18.8 Å². The maximum Gasteiger partial charge on any atom is 0.237 e. The summed E-state index contributed by atoms with van der Waals surface area (Å²) < 4.78 is 0. The zero-order chi connectivity index (χ0) is 15.0. The van der Waals surface area contributed by atoms with Gasteiger partial charge in [0.05, 0.1) is 6.54 Å². The topological polar surface area (TPSA) is 89.4 Å². The van der Waals surface area contributed by atoms with Gasteiger partial charge in [0.1, 0.15) is 0 Å². The van der Waals surface area contributed by atoms with Gasteiger partial charge in [0.25, 0.3) is 0 Å². The van der Waals surface area contributed by atoms with E-state index in [1.807, 2.05) is 31.2 Å². The number of amides is 2. The number of benzene rings is 1. The average molecular weight is 277 g/mol. The first-order valence-electron chi connectivity index (χ1n) is 6.93. The highest BCUT2D eigenvalue weighted by molar-refractivity contribution is 5.83. The van der Waals surface area contributed by atoms with Gasteiger partial charge in [0.15, 0.2) is 0 Å². The molecule has 0 aromatic heterocycles. The molecule has 0 aliphatic carbocycles. The van der Waals surface area contributed by atoms with E-state index in [4.69, 9.17) is 11.5 Å². The number of primary amides is 1. The van der Waals surface area contributed by atoms with Gasteiger partial charge in [-0.15, -0.1) is 0 Å². The molecule has 110 valence electrons. The van der Waals surface area contributed by atoms with Crippen LogP contribution in [-0.2, 0) is 16.0 Å². The van der Waals surface area contributed by atoms with Gasteiger partial charge in [0, 0.05) is 18.7 Å². The molecule has 2 amide bonds. The molecule has 5 heteroatoms. The molecule has 0 aliphatic heterocycles. The molecule has 0 saturated heterocycles. The van der Waals surface area contributed by atoms with Gasteiger partial charge < -0.3 is 16.4 Å². The molecule has 0 aliphatic rings. The van der Waals surface area contributed by atoms with Crippen LogP contribution in [0.3, 0.4) is 0 Å². The summed E-state index contributed by atoms with van der Waals surface area (Å²) in [6.07, 6.45) is 2.82. The molecule has 0 fully saturated rings. The van der Waals surface area contributed by atoms with Crippen molar-refractivity contribution in [1.82, 2.24) is 4.90 Å². The summed E-state index contributed by atoms with van der Waals surface area (Å²) in [6, 6.07) is 7.48. The molecule has 5 nitrogen and oxygen atoms in total. The second kappa shape index (κ2) is 8.19. The SMILES string of the molecule is CCCCN(CC(N)=O)C(=O)CCc1cccc(N)c1. The first kappa shape index (κ1) is 16.0. The number of hydrogen-bond donors (Lipinski definition) is 2. The fourth-order valence-electron chi connectivity index (χ4n) is 1.99. The zero-order valence-corrected chi connectivity index (χ0v) is 12.0. The summed E-state index contributed by atoms with van der Waals surface area (Å²) in [5.74, 6) is -0.516. The molecule has 20 heavy (non-hydrogen) atoms. The average Bonchev–Trinajstić information content (AvgIpc) is 2.40. The van der Waals surface area contributed by atoms with Crippen LogP contribution in [0.15, 0.2) is 24.3 Å². The number of nitrogen functional groups attached to an aromatic ring is 1. The zero-order valence-electron chi connectivity index (χ0n) is 12.0. The molecule has 1 aromatic rings. The molecule has 0 bridgehead atoms. The number of nitrogens with zero attached hydrogens (tertiary/aromatic N) is 1. The van der Waals surface area contributed by atoms with E-state index >= 15 is 0 Å². The van der Waals surface area contributed by atoms with E-state index in [0.717, 1.165) is 18.4 Å². The predicted octanol–water partition coefficient (Wildman–Crippen LogP) is 1.32. The standard InChI is InChI=1S/C15H23N3O2/c1-2-3-9-18(11-14(17)19)15(20)8-7-12-5-4-6-13(16)10-12/h4-6,10H,2-3,7-9,11,16H2,1H3,(H2,17,19). The Labute approximate surface area is 119 Å². The first-order valence-corrected chi connectivity index (χ1v) is 6.93. The number of carbonyl (C=O) groups excluding carboxylic acids is 2. The van der Waals surface area contributed by atoms with E-state index in [1.54, 1.807) is 0 Å². The second-order valence-corrected chi connectivity index (χ2v) is 4.88. The normalized spacial score (nSPS) is 10.2. The molecular weight excluding hydrogens is 254 g/mol. The molecule has 1 aromatic carbocycles. The van der Waals surface area contributed by atoms with Crippen LogP contribution in [0.25, 0.3) is 0 Å². The Kier molecular flexibility index (Phi) is 6.56. The second-order valence-electron chi connectivity index (χ2n) is 4.88. The van der Waals surface area contributed by atoms with Crippen molar-refractivity contribution >= 4 is 17.5 Å². The van der Waals surface area contributed by atoms with Crippen molar-refractivity contribution < 1.29 is 9.59 Å². The summed E-state index contributed by atoms with van der Waals surface area (Å²) in [4.78, 5) is 24.7. The fraction of sp³-hybridized carbons (Fsp3) is 0.467. The molecule has 0 radical (unpaired) electrons. The largest absolute Gasteiger partial charge is 0.399 e. The minimum Gasteiger partial charge on any atom is -0.399 e. The predicted molar refractivity (Wildman–Crippen MR) is 79.9 cm³/mol. The maximum atomic E-state index is 12.1. The van der Waals surface area contributed by atoms with E-state index in [-0.39, 0.29) is 12.5 Å². The van der Waals surface area contributed by atoms with Gasteiger partial charge in [-0.2, -0.15) is 0 Å². The number of rotatable bonds is 8. The maximum absolute atomic E-state index is 12.1. The summed E-state index contributed by atoms with van der Waals surface area (Å²) in [5.41, 5.74) is 12.6. The van der Waals surface area contributed by atoms with Gasteiger partial charge in [-0.3, -0.25) is 9.59 Å². The van der Waals surface area contributed by atoms with Crippen molar-refractivity contribution in [2.45, 2.75) is 32.6 Å². The van der Waals surface area contributed by atoms with Gasteiger partial charge >= 0.3 is 0 Å². The highest BCUT2D eigenvalue weighted by atomic mass is 16.2. The number of nitrogens with two attached hydrogens (primary N) is 2. The first-order chi connectivity index (χ1) is 9.52. The molecule has 0 unspecified atom stereocenters. The van der Waals surface area contributed by atoms with Crippen LogP contribution in [0.4, 0.5) is 5.69 Å². The smallest absolute Gasteiger partial charge is 0.237 e. The third-order valence-electron chi connectivity index (χ3n) is 3.06. The van der Waals surface area contributed by atoms with Gasteiger partial charge in [0.2, 0.25) is 11.8 Å². The van der Waals surface area contributed by atoms with E-state index in [9.17, 15) is 9.59 Å². The number of anilines is 1. The lowest BCUT2D eigenvalue weighted by molar-refractivity contribution is -0.135. The van der Waals surface area contributed by atoms with E-state index in [2.05, 4.69) is 0 Å². The van der Waals surface area contributed by atoms with E-state index in [0.29, 0.717) is 25.1 Å². The van der Waals surface area contributed by atoms with Crippen LogP contribution in [0.2, 0.25) is 0 Å². The van der Waals surface area contributed by atoms with Crippen molar-refractivity contribution in [3.63, 3.8) is 0 Å². The van der Waals surface area contributed by atoms with Crippen molar-refractivity contribution in [3.05, 3.63) is 29.8 Å². The Morgan fingerprint density at radius 3 is 2.65 bits per heavy atom. The number of hydrogen-bond acceptors (Lipinski definition) is 3. The summed E-state index contributed by atoms with van der Waals surface area (Å²) >= 11 is 0. The minimum absolute atomic E-state index is 0.00420. The van der Waals surface area contributed by atoms with Crippen LogP contribution >= 0.6 is 0 Å². The van der Waals surface area contributed by atoms with E-state index < -0.39 is 5.91 Å². The van der Waals surface area contributed by atoms with Crippen LogP contribution in [0.1, 0.15) is 31.7 Å². The summed E-state index contributed by atoms with van der Waals surface area (Å²) in [7, 11) is 0. The quantitative estimate of drug-likeness (QED) is 0.702. The molecule has 1 rings (SSSR count). The monoisotopic (exact) mass is 277 g/mol. The summed E-state index contributed by atoms with van der Waals surface area (Å²) in [6.45, 7) is 2.62. The van der Waals surface area contributed by atoms with Gasteiger partial charge in [-0.05, 0) is 30.5 Å². The van der Waals surface area contributed by atoms with Crippen LogP contribution in [0.5, 0.6) is 0 Å². The Hall–Kier alpha value is -2.04. The fourth-order valence-corrected chi connectivity index (χ4v) is 1.99. The lowest BCUT2D eigenvalue weighted by Crippen LogP contribution is -2.39. The van der Waals surface area contributed by atoms with Crippen molar-refractivity contribution in [1.29, 1.82) is 0 Å². The van der Waals surface area contributed by atoms with Crippen LogP contribution < -0.4 is 11.5 Å². The van der Waals surface area contributed by atoms with Crippen LogP contribution in [-0.4, -0.2) is 29.8 Å². The lowest BCUT2D eigenvalue weighted by Gasteiger charge is -2.21. The van der Waals surface area contributed by atoms with Crippen LogP contribution in [0, 0.1) is 0 Å². The number of unbranched alkanes of at least 4 members (excludes halogenated alkanes) is 1. The molecular formula is C15H23N3O2. The third kappa shape index (κ3) is 5.73. The van der Waals surface area contributed by atoms with Gasteiger partial charge in [-0.25, -0.2) is 0 Å². The molecule has 0 atom stereocenters. The Bertz CT molecular complexity index is 460. The number of aryl methyl sites for hydroxylation is 1. The summed E-state index contributed by atoms with van der Waals surface area (Å²) in [5, 5.41) is 0. The molecule has 4 N–H and O–H groups in total. The number of carbonyl (C=O) groups is 2. The minimum atomic E-state index is -0.474.